The van der Waals surface area contributed by atoms with Crippen molar-refractivity contribution in [2.75, 3.05) is 30.8 Å². The minimum absolute atomic E-state index is 0.0849. The molecule has 6 bridgehead atoms. The van der Waals surface area contributed by atoms with E-state index in [1.54, 1.807) is 35.2 Å². The second-order valence-electron chi connectivity index (χ2n) is 12.4. The van der Waals surface area contributed by atoms with Crippen molar-refractivity contribution in [2.24, 2.45) is 5.92 Å². The van der Waals surface area contributed by atoms with Crippen LogP contribution in [0.15, 0.2) is 53.4 Å². The number of carbonyl (C=O) groups excluding carboxylic acids is 4. The summed E-state index contributed by atoms with van der Waals surface area (Å²) in [6.07, 6.45) is -3.64. The van der Waals surface area contributed by atoms with Gasteiger partial charge >= 0.3 is 23.9 Å². The predicted octanol–water partition coefficient (Wildman–Crippen LogP) is 6.17. The standard InChI is InChI=1S/C30H31ClN8O3.C4F6O2/c1-18-11-26(37-42-18)29(41)39-9-7-20(8-10-39)28(40)38(2)17-22-5-6-23-13-21(22)4-3-19-12-24(15-32-14-19)35-30-33-16-25(31)27(34-23)36-30;5-3(6,7)1(11)2(12)4(8,9)10/h5-6,11-16,20H,3-4,7-10,17H2,1-2H3,(H2,33,34,35,36);. The first-order valence-electron chi connectivity index (χ1n) is 16.2. The number of rotatable bonds is 5. The number of carbonyl (C=O) groups is 4. The Balaban J connectivity index is 0.000000404. The molecule has 1 saturated heterocycles. The quantitative estimate of drug-likeness (QED) is 0.176. The van der Waals surface area contributed by atoms with Crippen molar-refractivity contribution >= 4 is 58.1 Å². The summed E-state index contributed by atoms with van der Waals surface area (Å²) in [7, 11) is 1.84. The Hall–Kier alpha value is -5.59. The van der Waals surface area contributed by atoms with E-state index in [1.165, 1.54) is 0 Å². The van der Waals surface area contributed by atoms with Gasteiger partial charge in [-0.25, -0.2) is 4.98 Å². The lowest BCUT2D eigenvalue weighted by Gasteiger charge is -2.33. The van der Waals surface area contributed by atoms with Gasteiger partial charge in [-0.2, -0.15) is 31.3 Å². The Morgan fingerprint density at radius 3 is 2.24 bits per heavy atom. The molecule has 2 aliphatic rings. The molecule has 54 heavy (non-hydrogen) atoms. The molecule has 4 aromatic rings. The minimum Gasteiger partial charge on any atom is -0.361 e. The number of alkyl halides is 6. The zero-order valence-electron chi connectivity index (χ0n) is 28.5. The molecule has 2 N–H and O–H groups in total. The zero-order valence-corrected chi connectivity index (χ0v) is 29.3. The van der Waals surface area contributed by atoms with Crippen LogP contribution in [0, 0.1) is 12.8 Å². The van der Waals surface area contributed by atoms with Crippen molar-refractivity contribution in [3.05, 3.63) is 82.1 Å². The molecule has 0 saturated carbocycles. The number of ketones is 2. The van der Waals surface area contributed by atoms with Crippen molar-refractivity contribution in [2.45, 2.75) is 51.5 Å². The first kappa shape index (κ1) is 39.6. The largest absolute Gasteiger partial charge is 0.458 e. The van der Waals surface area contributed by atoms with Crippen LogP contribution in [-0.2, 0) is 33.8 Å². The van der Waals surface area contributed by atoms with Crippen molar-refractivity contribution in [3.8, 4) is 0 Å². The summed E-state index contributed by atoms with van der Waals surface area (Å²) in [5.74, 6) is -5.52. The van der Waals surface area contributed by atoms with Gasteiger partial charge in [-0.3, -0.25) is 24.2 Å². The highest BCUT2D eigenvalue weighted by Crippen LogP contribution is 2.29. The van der Waals surface area contributed by atoms with E-state index >= 15 is 0 Å². The molecule has 13 nitrogen and oxygen atoms in total. The van der Waals surface area contributed by atoms with Crippen LogP contribution in [0.4, 0.5) is 49.5 Å². The average molecular weight is 781 g/mol. The van der Waals surface area contributed by atoms with Gasteiger partial charge in [0.1, 0.15) is 10.8 Å². The number of benzene rings is 1. The number of Topliss-reactive ketones (excluding diaryl/α,β-unsaturated/α-hetero) is 2. The van der Waals surface area contributed by atoms with Crippen LogP contribution < -0.4 is 10.6 Å². The first-order chi connectivity index (χ1) is 25.4. The van der Waals surface area contributed by atoms with Crippen LogP contribution in [0.1, 0.15) is 45.8 Å². The molecule has 0 unspecified atom stereocenters. The number of aromatic nitrogens is 4. The van der Waals surface area contributed by atoms with Gasteiger partial charge in [0, 0.05) is 50.6 Å². The van der Waals surface area contributed by atoms with Gasteiger partial charge in [0.05, 0.1) is 18.1 Å². The fraction of sp³-hybridized carbons (Fsp3) is 0.353. The molecule has 0 radical (unpaired) electrons. The van der Waals surface area contributed by atoms with Gasteiger partial charge in [0.15, 0.2) is 11.5 Å². The number of halogens is 7. The van der Waals surface area contributed by atoms with E-state index in [2.05, 4.69) is 36.8 Å². The van der Waals surface area contributed by atoms with Gasteiger partial charge in [-0.05, 0) is 67.5 Å². The Bertz CT molecular complexity index is 2030. The number of pyridine rings is 1. The molecule has 0 atom stereocenters. The lowest BCUT2D eigenvalue weighted by molar-refractivity contribution is -0.193. The molecule has 1 fully saturated rings. The third-order valence-corrected chi connectivity index (χ3v) is 8.71. The van der Waals surface area contributed by atoms with E-state index in [4.69, 9.17) is 16.1 Å². The molecule has 286 valence electrons. The Morgan fingerprint density at radius 2 is 1.61 bits per heavy atom. The molecule has 0 aliphatic carbocycles. The molecular formula is C34H31ClF6N8O5. The molecule has 6 rings (SSSR count). The van der Waals surface area contributed by atoms with Crippen LogP contribution >= 0.6 is 11.6 Å². The number of piperidine rings is 1. The monoisotopic (exact) mass is 780 g/mol. The summed E-state index contributed by atoms with van der Waals surface area (Å²) in [5.41, 5.74) is 5.20. The topological polar surface area (TPSA) is 164 Å². The van der Waals surface area contributed by atoms with Crippen LogP contribution in [0.3, 0.4) is 0 Å². The van der Waals surface area contributed by atoms with Crippen molar-refractivity contribution in [1.29, 1.82) is 0 Å². The van der Waals surface area contributed by atoms with Crippen molar-refractivity contribution in [1.82, 2.24) is 29.9 Å². The molecule has 1 aromatic carbocycles. The van der Waals surface area contributed by atoms with E-state index in [1.807, 2.05) is 31.4 Å². The maximum Gasteiger partial charge on any atom is 0.458 e. The fourth-order valence-corrected chi connectivity index (χ4v) is 5.84. The SMILES string of the molecule is Cc1cc(C(=O)N2CCC(C(=O)N(C)Cc3ccc4cc3CCc3cncc(c3)Nc3ncc(Cl)c(n3)N4)CC2)no1.O=C(C(=O)C(F)(F)F)C(F)(F)F. The van der Waals surface area contributed by atoms with Crippen LogP contribution in [0.25, 0.3) is 0 Å². The second kappa shape index (κ2) is 16.2. The third kappa shape index (κ3) is 9.88. The number of hydrogen-bond donors (Lipinski definition) is 2. The van der Waals surface area contributed by atoms with Gasteiger partial charge in [-0.1, -0.05) is 22.8 Å². The number of anilines is 4. The van der Waals surface area contributed by atoms with Gasteiger partial charge in [0.2, 0.25) is 11.9 Å². The molecule has 2 aliphatic heterocycles. The molecule has 20 heteroatoms. The number of nitrogens with zero attached hydrogens (tertiary/aromatic N) is 6. The summed E-state index contributed by atoms with van der Waals surface area (Å²) < 4.78 is 72.0. The molecule has 5 heterocycles. The zero-order chi connectivity index (χ0) is 39.4. The average Bonchev–Trinajstić information content (AvgIpc) is 3.57. The van der Waals surface area contributed by atoms with E-state index < -0.39 is 23.9 Å². The Kier molecular flexibility index (Phi) is 11.9. The highest BCUT2D eigenvalue weighted by atomic mass is 35.5. The van der Waals surface area contributed by atoms with E-state index in [-0.39, 0.29) is 17.7 Å². The summed E-state index contributed by atoms with van der Waals surface area (Å²) in [5, 5.41) is 10.8. The lowest BCUT2D eigenvalue weighted by atomic mass is 9.94. The van der Waals surface area contributed by atoms with E-state index in [0.29, 0.717) is 60.7 Å². The normalized spacial score (nSPS) is 14.5. The smallest absolute Gasteiger partial charge is 0.361 e. The van der Waals surface area contributed by atoms with E-state index in [9.17, 15) is 45.5 Å². The minimum atomic E-state index is -5.77. The second-order valence-corrected chi connectivity index (χ2v) is 12.9. The number of aryl methyl sites for hydroxylation is 3. The number of nitrogens with one attached hydrogen (secondary N) is 2. The van der Waals surface area contributed by atoms with Crippen molar-refractivity contribution < 1.29 is 50.0 Å². The number of amides is 2. The van der Waals surface area contributed by atoms with Crippen LogP contribution in [-0.4, -0.2) is 85.8 Å². The predicted molar refractivity (Wildman–Crippen MR) is 180 cm³/mol. The third-order valence-electron chi connectivity index (χ3n) is 8.43. The lowest BCUT2D eigenvalue weighted by Crippen LogP contribution is -2.43. The Labute approximate surface area is 308 Å². The maximum atomic E-state index is 13.5. The molecule has 0 spiro atoms. The molecular weight excluding hydrogens is 750 g/mol. The van der Waals surface area contributed by atoms with Gasteiger partial charge in [0.25, 0.3) is 5.91 Å². The van der Waals surface area contributed by atoms with Crippen molar-refractivity contribution in [3.63, 3.8) is 0 Å². The number of hydrogen-bond acceptors (Lipinski definition) is 11. The highest BCUT2D eigenvalue weighted by molar-refractivity contribution is 6.41. The number of fused-ring (bicyclic) bond motifs is 6. The van der Waals surface area contributed by atoms with Crippen LogP contribution in [0.5, 0.6) is 0 Å². The van der Waals surface area contributed by atoms with Crippen LogP contribution in [0.2, 0.25) is 5.02 Å². The summed E-state index contributed by atoms with van der Waals surface area (Å²) in [6.45, 7) is 3.25. The molecule has 2 amide bonds. The summed E-state index contributed by atoms with van der Waals surface area (Å²) in [4.78, 5) is 62.2. The summed E-state index contributed by atoms with van der Waals surface area (Å²) in [6, 6.07) is 9.79. The highest BCUT2D eigenvalue weighted by Gasteiger charge is 2.54. The summed E-state index contributed by atoms with van der Waals surface area (Å²) >= 11 is 6.40. The fourth-order valence-electron chi connectivity index (χ4n) is 5.70. The maximum absolute atomic E-state index is 13.5. The molecule has 3 aromatic heterocycles. The Morgan fingerprint density at radius 1 is 0.926 bits per heavy atom. The van der Waals surface area contributed by atoms with Gasteiger partial charge < -0.3 is 25.0 Å². The first-order valence-corrected chi connectivity index (χ1v) is 16.6. The number of likely N-dealkylation sites (tertiary alicyclic amines) is 1. The van der Waals surface area contributed by atoms with Gasteiger partial charge in [-0.15, -0.1) is 0 Å². The van der Waals surface area contributed by atoms with E-state index in [0.717, 1.165) is 40.9 Å².